The number of carbonyl (C=O) groups is 1. The Kier molecular flexibility index (Phi) is 2.74. The van der Waals surface area contributed by atoms with Crippen LogP contribution in [-0.2, 0) is 0 Å². The molecule has 0 N–H and O–H groups in total. The zero-order valence-electron chi connectivity index (χ0n) is 12.0. The molecule has 2 heteroatoms. The van der Waals surface area contributed by atoms with Gasteiger partial charge in [-0.25, -0.2) is 0 Å². The molecule has 0 aromatic heterocycles. The average molecular weight is 258 g/mol. The Morgan fingerprint density at radius 3 is 2.58 bits per heavy atom. The molecule has 0 saturated heterocycles. The lowest BCUT2D eigenvalue weighted by Crippen LogP contribution is -2.39. The Morgan fingerprint density at radius 1 is 1.26 bits per heavy atom. The number of carbonyl (C=O) groups excluding carboxylic acids is 1. The normalized spacial score (nSPS) is 35.3. The SMILES string of the molecule is CC1(C)[C@H]2CC[C@]1(C)[C@H](Oc1ccccc1C=O)C2. The fourth-order valence-corrected chi connectivity index (χ4v) is 4.15. The van der Waals surface area contributed by atoms with Crippen molar-refractivity contribution in [1.82, 2.24) is 0 Å². The van der Waals surface area contributed by atoms with E-state index in [4.69, 9.17) is 4.74 Å². The van der Waals surface area contributed by atoms with Crippen molar-refractivity contribution in [2.45, 2.75) is 46.1 Å². The molecule has 3 atom stereocenters. The van der Waals surface area contributed by atoms with Gasteiger partial charge in [0, 0.05) is 5.41 Å². The van der Waals surface area contributed by atoms with E-state index in [-0.39, 0.29) is 11.5 Å². The number of rotatable bonds is 3. The zero-order chi connectivity index (χ0) is 13.7. The maximum Gasteiger partial charge on any atom is 0.153 e. The molecule has 3 rings (SSSR count). The summed E-state index contributed by atoms with van der Waals surface area (Å²) in [6.07, 6.45) is 4.80. The minimum atomic E-state index is 0.230. The van der Waals surface area contributed by atoms with Crippen LogP contribution in [0.4, 0.5) is 0 Å². The summed E-state index contributed by atoms with van der Waals surface area (Å²) in [4.78, 5) is 11.1. The van der Waals surface area contributed by atoms with Crippen molar-refractivity contribution in [3.05, 3.63) is 29.8 Å². The second-order valence-electron chi connectivity index (χ2n) is 6.87. The Labute approximate surface area is 115 Å². The van der Waals surface area contributed by atoms with Gasteiger partial charge in [-0.3, -0.25) is 4.79 Å². The highest BCUT2D eigenvalue weighted by Crippen LogP contribution is 2.66. The summed E-state index contributed by atoms with van der Waals surface area (Å²) >= 11 is 0. The van der Waals surface area contributed by atoms with E-state index in [2.05, 4.69) is 20.8 Å². The molecule has 2 aliphatic rings. The number of benzene rings is 1. The second-order valence-corrected chi connectivity index (χ2v) is 6.87. The van der Waals surface area contributed by atoms with Crippen LogP contribution in [0.15, 0.2) is 24.3 Å². The van der Waals surface area contributed by atoms with E-state index in [1.807, 2.05) is 24.3 Å². The summed E-state index contributed by atoms with van der Waals surface area (Å²) in [6, 6.07) is 7.54. The van der Waals surface area contributed by atoms with E-state index in [1.165, 1.54) is 12.8 Å². The van der Waals surface area contributed by atoms with Crippen LogP contribution < -0.4 is 4.74 Å². The summed E-state index contributed by atoms with van der Waals surface area (Å²) in [6.45, 7) is 7.10. The predicted molar refractivity (Wildman–Crippen MR) is 75.5 cm³/mol. The summed E-state index contributed by atoms with van der Waals surface area (Å²) < 4.78 is 6.24. The molecule has 2 aliphatic carbocycles. The smallest absolute Gasteiger partial charge is 0.153 e. The summed E-state index contributed by atoms with van der Waals surface area (Å²) in [5, 5.41) is 0. The molecule has 0 spiro atoms. The maximum atomic E-state index is 11.1. The Balaban J connectivity index is 1.88. The van der Waals surface area contributed by atoms with E-state index >= 15 is 0 Å². The van der Waals surface area contributed by atoms with Crippen LogP contribution in [0.5, 0.6) is 5.75 Å². The van der Waals surface area contributed by atoms with Crippen molar-refractivity contribution in [3.8, 4) is 5.75 Å². The molecular formula is C17H22O2. The molecule has 19 heavy (non-hydrogen) atoms. The minimum Gasteiger partial charge on any atom is -0.489 e. The lowest BCUT2D eigenvalue weighted by atomic mass is 9.70. The van der Waals surface area contributed by atoms with Crippen molar-refractivity contribution < 1.29 is 9.53 Å². The van der Waals surface area contributed by atoms with Gasteiger partial charge < -0.3 is 4.74 Å². The molecule has 0 unspecified atom stereocenters. The fourth-order valence-electron chi connectivity index (χ4n) is 4.15. The number of para-hydroxylation sites is 1. The van der Waals surface area contributed by atoms with Gasteiger partial charge >= 0.3 is 0 Å². The third-order valence-electron chi connectivity index (χ3n) is 6.03. The lowest BCUT2D eigenvalue weighted by molar-refractivity contribution is 0.0298. The van der Waals surface area contributed by atoms with Crippen LogP contribution in [0, 0.1) is 16.7 Å². The van der Waals surface area contributed by atoms with Crippen LogP contribution >= 0.6 is 0 Å². The van der Waals surface area contributed by atoms with Gasteiger partial charge in [0.15, 0.2) is 6.29 Å². The summed E-state index contributed by atoms with van der Waals surface area (Å²) in [5.41, 5.74) is 1.23. The molecule has 0 aliphatic heterocycles. The van der Waals surface area contributed by atoms with Gasteiger partial charge in [0.2, 0.25) is 0 Å². The number of fused-ring (bicyclic) bond motifs is 2. The van der Waals surface area contributed by atoms with Gasteiger partial charge in [-0.05, 0) is 42.7 Å². The molecule has 2 bridgehead atoms. The summed E-state index contributed by atoms with van der Waals surface area (Å²) in [5.74, 6) is 1.50. The molecule has 1 aromatic carbocycles. The van der Waals surface area contributed by atoms with Crippen LogP contribution in [0.3, 0.4) is 0 Å². The van der Waals surface area contributed by atoms with Crippen molar-refractivity contribution >= 4 is 6.29 Å². The molecule has 1 aromatic rings. The fraction of sp³-hybridized carbons (Fsp3) is 0.588. The monoisotopic (exact) mass is 258 g/mol. The van der Waals surface area contributed by atoms with Gasteiger partial charge in [0.25, 0.3) is 0 Å². The molecule has 102 valence electrons. The summed E-state index contributed by atoms with van der Waals surface area (Å²) in [7, 11) is 0. The Hall–Kier alpha value is -1.31. The largest absolute Gasteiger partial charge is 0.489 e. The standard InChI is InChI=1S/C17H22O2/c1-16(2)13-8-9-17(16,3)15(10-13)19-14-7-5-4-6-12(14)11-18/h4-7,11,13,15H,8-10H2,1-3H3/t13-,15+,17+/m0/s1. The second kappa shape index (κ2) is 4.09. The molecular weight excluding hydrogens is 236 g/mol. The van der Waals surface area contributed by atoms with Crippen LogP contribution in [-0.4, -0.2) is 12.4 Å². The van der Waals surface area contributed by atoms with Crippen LogP contribution in [0.2, 0.25) is 0 Å². The van der Waals surface area contributed by atoms with E-state index in [1.54, 1.807) is 0 Å². The van der Waals surface area contributed by atoms with E-state index in [0.717, 1.165) is 24.4 Å². The average Bonchev–Trinajstić information content (AvgIpc) is 2.72. The van der Waals surface area contributed by atoms with E-state index in [0.29, 0.717) is 11.0 Å². The maximum absolute atomic E-state index is 11.1. The van der Waals surface area contributed by atoms with E-state index < -0.39 is 0 Å². The quantitative estimate of drug-likeness (QED) is 0.763. The molecule has 0 heterocycles. The lowest BCUT2D eigenvalue weighted by Gasteiger charge is -2.39. The Morgan fingerprint density at radius 2 is 2.00 bits per heavy atom. The number of hydrogen-bond donors (Lipinski definition) is 0. The molecule has 2 nitrogen and oxygen atoms in total. The predicted octanol–water partition coefficient (Wildman–Crippen LogP) is 4.09. The van der Waals surface area contributed by atoms with Crippen molar-refractivity contribution in [2.75, 3.05) is 0 Å². The highest BCUT2D eigenvalue weighted by molar-refractivity contribution is 5.79. The van der Waals surface area contributed by atoms with Crippen molar-refractivity contribution in [2.24, 2.45) is 16.7 Å². The van der Waals surface area contributed by atoms with Crippen LogP contribution in [0.25, 0.3) is 0 Å². The van der Waals surface area contributed by atoms with Crippen molar-refractivity contribution in [1.29, 1.82) is 0 Å². The molecule has 2 saturated carbocycles. The first kappa shape index (κ1) is 12.7. The van der Waals surface area contributed by atoms with Gasteiger partial charge in [0.05, 0.1) is 5.56 Å². The third kappa shape index (κ3) is 1.65. The highest BCUT2D eigenvalue weighted by Gasteiger charge is 2.62. The molecule has 0 radical (unpaired) electrons. The first-order valence-electron chi connectivity index (χ1n) is 7.20. The molecule has 2 fully saturated rings. The number of aldehydes is 1. The third-order valence-corrected chi connectivity index (χ3v) is 6.03. The van der Waals surface area contributed by atoms with Crippen molar-refractivity contribution in [3.63, 3.8) is 0 Å². The topological polar surface area (TPSA) is 26.3 Å². The number of ether oxygens (including phenoxy) is 1. The Bertz CT molecular complexity index is 506. The zero-order valence-corrected chi connectivity index (χ0v) is 12.0. The molecule has 0 amide bonds. The van der Waals surface area contributed by atoms with Gasteiger partial charge in [-0.15, -0.1) is 0 Å². The first-order chi connectivity index (χ1) is 8.99. The highest BCUT2D eigenvalue weighted by atomic mass is 16.5. The van der Waals surface area contributed by atoms with Gasteiger partial charge in [-0.1, -0.05) is 32.9 Å². The van der Waals surface area contributed by atoms with Gasteiger partial charge in [-0.2, -0.15) is 0 Å². The van der Waals surface area contributed by atoms with Gasteiger partial charge in [0.1, 0.15) is 11.9 Å². The number of hydrogen-bond acceptors (Lipinski definition) is 2. The van der Waals surface area contributed by atoms with E-state index in [9.17, 15) is 4.79 Å². The first-order valence-corrected chi connectivity index (χ1v) is 7.20. The van der Waals surface area contributed by atoms with Crippen LogP contribution in [0.1, 0.15) is 50.4 Å². The minimum absolute atomic E-state index is 0.230.